The summed E-state index contributed by atoms with van der Waals surface area (Å²) in [5, 5.41) is 2.13. The van der Waals surface area contributed by atoms with E-state index in [1.807, 2.05) is 11.3 Å². The van der Waals surface area contributed by atoms with Gasteiger partial charge in [-0.05, 0) is 31.0 Å². The van der Waals surface area contributed by atoms with Crippen LogP contribution < -0.4 is 5.73 Å². The molecule has 0 aliphatic carbocycles. The Morgan fingerprint density at radius 3 is 2.95 bits per heavy atom. The Bertz CT molecular complexity index is 468. The second-order valence-electron chi connectivity index (χ2n) is 5.16. The predicted molar refractivity (Wildman–Crippen MR) is 86.9 cm³/mol. The summed E-state index contributed by atoms with van der Waals surface area (Å²) >= 11 is 1.81. The third kappa shape index (κ3) is 3.83. The van der Waals surface area contributed by atoms with Crippen LogP contribution in [0.4, 0.5) is 0 Å². The molecule has 0 spiro atoms. The van der Waals surface area contributed by atoms with E-state index in [0.29, 0.717) is 6.54 Å². The van der Waals surface area contributed by atoms with Gasteiger partial charge in [0.15, 0.2) is 0 Å². The molecule has 3 nitrogen and oxygen atoms in total. The largest absolute Gasteiger partial charge is 0.320 e. The SMILES string of the molecule is CCN(CC)C1CCN(Cc2sccc2C#CCN)C1. The van der Waals surface area contributed by atoms with Crippen LogP contribution in [0.25, 0.3) is 0 Å². The van der Waals surface area contributed by atoms with Gasteiger partial charge in [0.2, 0.25) is 0 Å². The van der Waals surface area contributed by atoms with Crippen molar-refractivity contribution in [3.63, 3.8) is 0 Å². The average Bonchev–Trinajstić information content (AvgIpc) is 3.08. The Labute approximate surface area is 126 Å². The van der Waals surface area contributed by atoms with Crippen LogP contribution in [-0.2, 0) is 6.54 Å². The van der Waals surface area contributed by atoms with Gasteiger partial charge in [0.25, 0.3) is 0 Å². The van der Waals surface area contributed by atoms with Crippen molar-refractivity contribution in [3.05, 3.63) is 21.9 Å². The van der Waals surface area contributed by atoms with Crippen LogP contribution in [0, 0.1) is 11.8 Å². The second kappa shape index (κ2) is 7.80. The number of likely N-dealkylation sites (tertiary alicyclic amines) is 1. The Morgan fingerprint density at radius 2 is 2.25 bits per heavy atom. The molecule has 2 N–H and O–H groups in total. The van der Waals surface area contributed by atoms with Crippen molar-refractivity contribution >= 4 is 11.3 Å². The van der Waals surface area contributed by atoms with Crippen molar-refractivity contribution < 1.29 is 0 Å². The maximum atomic E-state index is 5.45. The molecule has 1 saturated heterocycles. The molecule has 4 heteroatoms. The molecule has 2 heterocycles. The van der Waals surface area contributed by atoms with Crippen LogP contribution in [0.3, 0.4) is 0 Å². The van der Waals surface area contributed by atoms with Crippen LogP contribution >= 0.6 is 11.3 Å². The van der Waals surface area contributed by atoms with Crippen molar-refractivity contribution in [1.29, 1.82) is 0 Å². The molecular weight excluding hydrogens is 266 g/mol. The summed E-state index contributed by atoms with van der Waals surface area (Å²) in [6.07, 6.45) is 1.29. The first-order chi connectivity index (χ1) is 9.78. The number of likely N-dealkylation sites (N-methyl/N-ethyl adjacent to an activating group) is 1. The van der Waals surface area contributed by atoms with E-state index in [9.17, 15) is 0 Å². The van der Waals surface area contributed by atoms with Gasteiger partial charge in [0, 0.05) is 36.1 Å². The maximum Gasteiger partial charge on any atom is 0.0555 e. The number of rotatable bonds is 5. The Kier molecular flexibility index (Phi) is 6.06. The molecule has 0 saturated carbocycles. The summed E-state index contributed by atoms with van der Waals surface area (Å²) in [6, 6.07) is 2.84. The van der Waals surface area contributed by atoms with Crippen LogP contribution in [-0.4, -0.2) is 48.6 Å². The number of thiophene rings is 1. The van der Waals surface area contributed by atoms with Crippen molar-refractivity contribution in [2.45, 2.75) is 32.9 Å². The quantitative estimate of drug-likeness (QED) is 0.842. The van der Waals surface area contributed by atoms with Crippen LogP contribution in [0.1, 0.15) is 30.7 Å². The Morgan fingerprint density at radius 1 is 1.45 bits per heavy atom. The molecule has 0 radical (unpaired) electrons. The molecule has 1 aromatic rings. The summed E-state index contributed by atoms with van der Waals surface area (Å²) < 4.78 is 0. The fourth-order valence-electron chi connectivity index (χ4n) is 2.92. The lowest BCUT2D eigenvalue weighted by molar-refractivity contribution is 0.209. The van der Waals surface area contributed by atoms with Crippen LogP contribution in [0.5, 0.6) is 0 Å². The molecule has 1 fully saturated rings. The lowest BCUT2D eigenvalue weighted by atomic mass is 10.2. The van der Waals surface area contributed by atoms with Gasteiger partial charge in [-0.3, -0.25) is 9.80 Å². The molecule has 110 valence electrons. The monoisotopic (exact) mass is 291 g/mol. The van der Waals surface area contributed by atoms with Gasteiger partial charge in [0.1, 0.15) is 0 Å². The summed E-state index contributed by atoms with van der Waals surface area (Å²) in [4.78, 5) is 6.51. The third-order valence-corrected chi connectivity index (χ3v) is 4.92. The third-order valence-electron chi connectivity index (χ3n) is 4.01. The smallest absolute Gasteiger partial charge is 0.0555 e. The molecule has 0 amide bonds. The van der Waals surface area contributed by atoms with Gasteiger partial charge in [0.05, 0.1) is 6.54 Å². The zero-order valence-electron chi connectivity index (χ0n) is 12.6. The van der Waals surface area contributed by atoms with Crippen molar-refractivity contribution in [3.8, 4) is 11.8 Å². The molecule has 20 heavy (non-hydrogen) atoms. The van der Waals surface area contributed by atoms with E-state index in [1.54, 1.807) is 0 Å². The van der Waals surface area contributed by atoms with Crippen LogP contribution in [0.2, 0.25) is 0 Å². The van der Waals surface area contributed by atoms with E-state index in [2.05, 4.69) is 46.9 Å². The van der Waals surface area contributed by atoms with E-state index >= 15 is 0 Å². The lowest BCUT2D eigenvalue weighted by Crippen LogP contribution is -2.37. The minimum absolute atomic E-state index is 0.434. The lowest BCUT2D eigenvalue weighted by Gasteiger charge is -2.26. The van der Waals surface area contributed by atoms with Gasteiger partial charge in [-0.15, -0.1) is 11.3 Å². The standard InChI is InChI=1S/C16H25N3S/c1-3-19(4-2)15-7-10-18(12-15)13-16-14(6-5-9-17)8-11-20-16/h8,11,15H,3-4,7,9-10,12-13,17H2,1-2H3. The maximum absolute atomic E-state index is 5.45. The molecule has 0 bridgehead atoms. The van der Waals surface area contributed by atoms with E-state index < -0.39 is 0 Å². The van der Waals surface area contributed by atoms with E-state index in [4.69, 9.17) is 5.73 Å². The first-order valence-corrected chi connectivity index (χ1v) is 8.38. The Balaban J connectivity index is 1.94. The van der Waals surface area contributed by atoms with E-state index in [-0.39, 0.29) is 0 Å². The van der Waals surface area contributed by atoms with Crippen molar-refractivity contribution in [2.75, 3.05) is 32.7 Å². The van der Waals surface area contributed by atoms with Gasteiger partial charge < -0.3 is 5.73 Å². The summed E-state index contributed by atoms with van der Waals surface area (Å²) in [7, 11) is 0. The van der Waals surface area contributed by atoms with Crippen LogP contribution in [0.15, 0.2) is 11.4 Å². The first kappa shape index (κ1) is 15.5. The minimum atomic E-state index is 0.434. The predicted octanol–water partition coefficient (Wildman–Crippen LogP) is 1.97. The highest BCUT2D eigenvalue weighted by atomic mass is 32.1. The number of nitrogens with two attached hydrogens (primary N) is 1. The Hall–Kier alpha value is -0.860. The summed E-state index contributed by atoms with van der Waals surface area (Å²) in [5.41, 5.74) is 6.61. The molecule has 1 aliphatic heterocycles. The van der Waals surface area contributed by atoms with Crippen molar-refractivity contribution in [1.82, 2.24) is 9.80 Å². The van der Waals surface area contributed by atoms with Gasteiger partial charge in [-0.25, -0.2) is 0 Å². The van der Waals surface area contributed by atoms with Gasteiger partial charge >= 0.3 is 0 Å². The highest BCUT2D eigenvalue weighted by molar-refractivity contribution is 7.10. The van der Waals surface area contributed by atoms with E-state index in [0.717, 1.165) is 31.2 Å². The zero-order valence-corrected chi connectivity index (χ0v) is 13.4. The molecular formula is C16H25N3S. The number of hydrogen-bond donors (Lipinski definition) is 1. The second-order valence-corrected chi connectivity index (χ2v) is 6.16. The average molecular weight is 291 g/mol. The first-order valence-electron chi connectivity index (χ1n) is 7.50. The summed E-state index contributed by atoms with van der Waals surface area (Å²) in [5.74, 6) is 6.14. The zero-order chi connectivity index (χ0) is 14.4. The van der Waals surface area contributed by atoms with Gasteiger partial charge in [-0.2, -0.15) is 0 Å². The number of hydrogen-bond acceptors (Lipinski definition) is 4. The van der Waals surface area contributed by atoms with Gasteiger partial charge in [-0.1, -0.05) is 25.7 Å². The van der Waals surface area contributed by atoms with Crippen molar-refractivity contribution in [2.24, 2.45) is 5.73 Å². The molecule has 1 atom stereocenters. The molecule has 1 aliphatic rings. The summed E-state index contributed by atoms with van der Waals surface area (Å²) in [6.45, 7) is 10.7. The topological polar surface area (TPSA) is 32.5 Å². The fourth-order valence-corrected chi connectivity index (χ4v) is 3.79. The molecule has 1 aromatic heterocycles. The minimum Gasteiger partial charge on any atom is -0.320 e. The molecule has 0 aromatic carbocycles. The number of nitrogens with zero attached hydrogens (tertiary/aromatic N) is 2. The molecule has 1 unspecified atom stereocenters. The highest BCUT2D eigenvalue weighted by Crippen LogP contribution is 2.22. The molecule has 2 rings (SSSR count). The fraction of sp³-hybridized carbons (Fsp3) is 0.625. The van der Waals surface area contributed by atoms with E-state index in [1.165, 1.54) is 24.4 Å². The highest BCUT2D eigenvalue weighted by Gasteiger charge is 2.26. The normalized spacial score (nSPS) is 19.3.